The fourth-order valence-electron chi connectivity index (χ4n) is 0.471. The molecule has 0 aromatic carbocycles. The Balaban J connectivity index is 2.91. The molecule has 0 radical (unpaired) electrons. The molecule has 5 nitrogen and oxygen atoms in total. The van der Waals surface area contributed by atoms with E-state index in [1.165, 1.54) is 0 Å². The lowest BCUT2D eigenvalue weighted by Gasteiger charge is -2.03. The number of nitrogens with zero attached hydrogens (tertiary/aromatic N) is 2. The minimum Gasteiger partial charge on any atom is -0.368 e. The van der Waals surface area contributed by atoms with Gasteiger partial charge in [0, 0.05) is 4.11 Å². The van der Waals surface area contributed by atoms with Gasteiger partial charge in [0.1, 0.15) is 6.04 Å². The zero-order valence-electron chi connectivity index (χ0n) is 7.40. The first-order valence-electron chi connectivity index (χ1n) is 3.70. The molecular formula is C4H7N3O2. The van der Waals surface area contributed by atoms with E-state index in [4.69, 9.17) is 15.1 Å². The van der Waals surface area contributed by atoms with Crippen LogP contribution in [0.4, 0.5) is 0 Å². The van der Waals surface area contributed by atoms with Gasteiger partial charge in [-0.25, -0.2) is 4.99 Å². The van der Waals surface area contributed by atoms with Gasteiger partial charge < -0.3 is 5.73 Å². The third-order valence-corrected chi connectivity index (χ3v) is 0.921. The summed E-state index contributed by atoms with van der Waals surface area (Å²) < 4.78 is 20.6. The fraction of sp³-hybridized carbons (Fsp3) is 0.500. The number of guanidine groups is 1. The van der Waals surface area contributed by atoms with Gasteiger partial charge in [-0.15, -0.1) is 0 Å². The van der Waals surface area contributed by atoms with Gasteiger partial charge in [0.05, 0.1) is 0 Å². The van der Waals surface area contributed by atoms with Crippen LogP contribution in [0.5, 0.6) is 0 Å². The average molecular weight is 132 g/mol. The molecule has 0 aromatic heterocycles. The van der Waals surface area contributed by atoms with E-state index in [0.29, 0.717) is 0 Å². The van der Waals surface area contributed by atoms with Gasteiger partial charge in [-0.05, 0) is 6.85 Å². The maximum absolute atomic E-state index is 10.9. The monoisotopic (exact) mass is 132 g/mol. The van der Waals surface area contributed by atoms with Crippen molar-refractivity contribution in [3.05, 3.63) is 0 Å². The quantitative estimate of drug-likeness (QED) is 0.411. The normalized spacial score (nSPS) is 33.2. The lowest BCUT2D eigenvalue weighted by Crippen LogP contribution is -2.35. The van der Waals surface area contributed by atoms with Gasteiger partial charge in [-0.3, -0.25) is 10.0 Å². The molecule has 3 N–H and O–H groups in total. The first-order valence-corrected chi connectivity index (χ1v) is 2.20. The van der Waals surface area contributed by atoms with Gasteiger partial charge in [0.2, 0.25) is 5.96 Å². The van der Waals surface area contributed by atoms with Crippen LogP contribution >= 0.6 is 0 Å². The Labute approximate surface area is 55.9 Å². The molecule has 0 aliphatic carbocycles. The summed E-state index contributed by atoms with van der Waals surface area (Å²) in [5.41, 5.74) is 5.01. The summed E-state index contributed by atoms with van der Waals surface area (Å²) in [7, 11) is 0. The molecule has 1 atom stereocenters. The van der Waals surface area contributed by atoms with Crippen LogP contribution in [0, 0.1) is 0 Å². The van der Waals surface area contributed by atoms with Gasteiger partial charge >= 0.3 is 0 Å². The van der Waals surface area contributed by atoms with Crippen LogP contribution in [0.1, 0.15) is 11.0 Å². The van der Waals surface area contributed by atoms with Crippen LogP contribution in [0.2, 0.25) is 0 Å². The minimum absolute atomic E-state index is 0.0387. The second-order valence-corrected chi connectivity index (χ2v) is 1.54. The highest BCUT2D eigenvalue weighted by atomic mass is 16.5. The molecule has 1 aliphatic rings. The number of hydroxylamine groups is 2. The van der Waals surface area contributed by atoms with E-state index in [1.807, 2.05) is 0 Å². The summed E-state index contributed by atoms with van der Waals surface area (Å²) in [4.78, 5) is 14.2. The highest BCUT2D eigenvalue weighted by Crippen LogP contribution is 2.03. The Bertz CT molecular complexity index is 248. The van der Waals surface area contributed by atoms with E-state index in [1.54, 1.807) is 0 Å². The van der Waals surface area contributed by atoms with Crippen LogP contribution in [0.3, 0.4) is 0 Å². The van der Waals surface area contributed by atoms with Crippen molar-refractivity contribution in [2.75, 3.05) is 0 Å². The Hall–Kier alpha value is -1.10. The number of rotatable bonds is 0. The Morgan fingerprint density at radius 3 is 3.00 bits per heavy atom. The highest BCUT2D eigenvalue weighted by molar-refractivity contribution is 6.02. The molecule has 0 aromatic rings. The minimum atomic E-state index is -2.56. The van der Waals surface area contributed by atoms with E-state index >= 15 is 0 Å². The summed E-state index contributed by atoms with van der Waals surface area (Å²) in [6.45, 7) is -2.56. The smallest absolute Gasteiger partial charge is 0.278 e. The number of carbonyl (C=O) groups is 1. The maximum atomic E-state index is 10.9. The van der Waals surface area contributed by atoms with Gasteiger partial charge in [-0.1, -0.05) is 0 Å². The first kappa shape index (κ1) is 3.17. The predicted octanol–water partition coefficient (Wildman–Crippen LogP) is -1.08. The predicted molar refractivity (Wildman–Crippen MR) is 29.7 cm³/mol. The Kier molecular flexibility index (Phi) is 0.597. The lowest BCUT2D eigenvalue weighted by molar-refractivity contribution is -0.147. The molecule has 5 heteroatoms. The molecule has 1 rings (SSSR count). The SMILES string of the molecule is [2H]C([2H])([2H])C1N=C(N)N(O)C1=O. The van der Waals surface area contributed by atoms with Crippen LogP contribution in [-0.4, -0.2) is 28.2 Å². The molecule has 1 heterocycles. The fourth-order valence-corrected chi connectivity index (χ4v) is 0.471. The van der Waals surface area contributed by atoms with Crippen LogP contribution < -0.4 is 5.73 Å². The van der Waals surface area contributed by atoms with Crippen molar-refractivity contribution in [1.29, 1.82) is 0 Å². The van der Waals surface area contributed by atoms with Crippen molar-refractivity contribution in [3.8, 4) is 0 Å². The molecule has 0 bridgehead atoms. The van der Waals surface area contributed by atoms with Gasteiger partial charge in [-0.2, -0.15) is 5.06 Å². The van der Waals surface area contributed by atoms with Gasteiger partial charge in [0.25, 0.3) is 5.91 Å². The second kappa shape index (κ2) is 1.70. The topological polar surface area (TPSA) is 78.9 Å². The van der Waals surface area contributed by atoms with E-state index < -0.39 is 24.8 Å². The molecule has 0 saturated heterocycles. The summed E-state index contributed by atoms with van der Waals surface area (Å²) >= 11 is 0. The largest absolute Gasteiger partial charge is 0.368 e. The first-order chi connectivity index (χ1) is 5.34. The maximum Gasteiger partial charge on any atom is 0.278 e. The Morgan fingerprint density at radius 1 is 2.11 bits per heavy atom. The molecule has 1 unspecified atom stereocenters. The Morgan fingerprint density at radius 2 is 2.78 bits per heavy atom. The summed E-state index contributed by atoms with van der Waals surface area (Å²) in [6.07, 6.45) is 0. The summed E-state index contributed by atoms with van der Waals surface area (Å²) in [5, 5.41) is 8.82. The molecule has 1 aliphatic heterocycles. The number of hydrogen-bond donors (Lipinski definition) is 2. The number of hydrogen-bond acceptors (Lipinski definition) is 4. The second-order valence-electron chi connectivity index (χ2n) is 1.54. The number of amides is 1. The van der Waals surface area contributed by atoms with Crippen molar-refractivity contribution in [1.82, 2.24) is 5.06 Å². The van der Waals surface area contributed by atoms with Crippen LogP contribution in [0.25, 0.3) is 0 Å². The van der Waals surface area contributed by atoms with Crippen molar-refractivity contribution < 1.29 is 14.1 Å². The van der Waals surface area contributed by atoms with Crippen molar-refractivity contribution in [3.63, 3.8) is 0 Å². The summed E-state index contributed by atoms with van der Waals surface area (Å²) in [5.74, 6) is -1.51. The molecule has 0 saturated carbocycles. The standard InChI is InChI=1S/C4H7N3O2/c1-2-3(8)7(9)4(5)6-2/h2,9H,1H3,(H2,5,6)/i1D3. The average Bonchev–Trinajstić information content (AvgIpc) is 2.15. The van der Waals surface area contributed by atoms with E-state index in [0.717, 1.165) is 0 Å². The molecule has 1 amide bonds. The molecule has 0 fully saturated rings. The van der Waals surface area contributed by atoms with Crippen molar-refractivity contribution >= 4 is 11.9 Å². The molecular weight excluding hydrogens is 122 g/mol. The van der Waals surface area contributed by atoms with Crippen LogP contribution in [0.15, 0.2) is 4.99 Å². The number of carbonyl (C=O) groups excluding carboxylic acids is 1. The molecule has 9 heavy (non-hydrogen) atoms. The highest BCUT2D eigenvalue weighted by Gasteiger charge is 2.28. The van der Waals surface area contributed by atoms with E-state index in [-0.39, 0.29) is 5.06 Å². The zero-order valence-corrected chi connectivity index (χ0v) is 4.40. The van der Waals surface area contributed by atoms with E-state index in [2.05, 4.69) is 4.99 Å². The zero-order chi connectivity index (χ0) is 9.52. The van der Waals surface area contributed by atoms with Gasteiger partial charge in [0.15, 0.2) is 0 Å². The third-order valence-electron chi connectivity index (χ3n) is 0.921. The lowest BCUT2D eigenvalue weighted by atomic mass is 10.4. The van der Waals surface area contributed by atoms with Crippen molar-refractivity contribution in [2.24, 2.45) is 10.7 Å². The number of nitrogens with two attached hydrogens (primary N) is 1. The number of aliphatic imine (C=N–C) groups is 1. The van der Waals surface area contributed by atoms with E-state index in [9.17, 15) is 4.79 Å². The third kappa shape index (κ3) is 0.746. The summed E-state index contributed by atoms with van der Waals surface area (Å²) in [6, 6.07) is -1.57. The van der Waals surface area contributed by atoms with Crippen LogP contribution in [-0.2, 0) is 4.79 Å². The molecule has 50 valence electrons. The molecule has 0 spiro atoms. The van der Waals surface area contributed by atoms with Crippen molar-refractivity contribution in [2.45, 2.75) is 12.9 Å².